The second-order valence-corrected chi connectivity index (χ2v) is 5.92. The number of rotatable bonds is 6. The lowest BCUT2D eigenvalue weighted by Gasteiger charge is -2.16. The molecule has 0 aromatic carbocycles. The molecule has 7 heteroatoms. The molecule has 2 aromatic heterocycles. The van der Waals surface area contributed by atoms with E-state index >= 15 is 0 Å². The number of aryl methyl sites for hydroxylation is 1. The van der Waals surface area contributed by atoms with Gasteiger partial charge in [-0.05, 0) is 24.8 Å². The Balaban J connectivity index is 1.54. The molecule has 0 radical (unpaired) electrons. The molecular formula is C15H23N5O2. The summed E-state index contributed by atoms with van der Waals surface area (Å²) < 4.78 is 8.98. The molecule has 120 valence electrons. The number of hydrogen-bond donors (Lipinski definition) is 2. The predicted octanol–water partition coefficient (Wildman–Crippen LogP) is 0.554. The molecule has 3 rings (SSSR count). The van der Waals surface area contributed by atoms with Gasteiger partial charge in [0.15, 0.2) is 0 Å². The number of hydrogen-bond acceptors (Lipinski definition) is 5. The lowest BCUT2D eigenvalue weighted by molar-refractivity contribution is 0.145. The van der Waals surface area contributed by atoms with Gasteiger partial charge in [-0.3, -0.25) is 4.68 Å². The topological polar surface area (TPSA) is 77.1 Å². The third-order valence-electron chi connectivity index (χ3n) is 4.33. The molecule has 3 atom stereocenters. The first-order valence-electron chi connectivity index (χ1n) is 7.61. The zero-order chi connectivity index (χ0) is 15.5. The number of methoxy groups -OCH3 is 1. The minimum Gasteiger partial charge on any atom is -0.481 e. The van der Waals surface area contributed by atoms with Gasteiger partial charge < -0.3 is 15.2 Å². The van der Waals surface area contributed by atoms with Crippen LogP contribution in [0.15, 0.2) is 24.7 Å². The van der Waals surface area contributed by atoms with Crippen LogP contribution in [0.25, 0.3) is 0 Å². The zero-order valence-electron chi connectivity index (χ0n) is 13.0. The molecule has 1 aliphatic rings. The van der Waals surface area contributed by atoms with E-state index in [1.54, 1.807) is 24.2 Å². The number of aliphatic hydroxyl groups is 1. The summed E-state index contributed by atoms with van der Waals surface area (Å²) >= 11 is 0. The molecule has 2 aromatic rings. The van der Waals surface area contributed by atoms with Crippen molar-refractivity contribution in [1.82, 2.24) is 24.9 Å². The summed E-state index contributed by atoms with van der Waals surface area (Å²) in [5.41, 5.74) is 1.01. The van der Waals surface area contributed by atoms with Crippen LogP contribution in [0.3, 0.4) is 0 Å². The van der Waals surface area contributed by atoms with Crippen LogP contribution in [-0.2, 0) is 20.1 Å². The van der Waals surface area contributed by atoms with Gasteiger partial charge in [-0.15, -0.1) is 0 Å². The Morgan fingerprint density at radius 3 is 3.00 bits per heavy atom. The van der Waals surface area contributed by atoms with Crippen LogP contribution < -0.4 is 10.1 Å². The van der Waals surface area contributed by atoms with Gasteiger partial charge in [0, 0.05) is 44.1 Å². The number of aliphatic hydroxyl groups excluding tert-OH is 1. The molecule has 2 heterocycles. The maximum Gasteiger partial charge on any atom is 0.215 e. The Hall–Kier alpha value is -1.86. The highest BCUT2D eigenvalue weighted by atomic mass is 16.5. The van der Waals surface area contributed by atoms with Gasteiger partial charge in [0.1, 0.15) is 0 Å². The summed E-state index contributed by atoms with van der Waals surface area (Å²) in [6, 6.07) is 2.03. The third-order valence-corrected chi connectivity index (χ3v) is 4.33. The smallest absolute Gasteiger partial charge is 0.215 e. The molecule has 0 saturated heterocycles. The van der Waals surface area contributed by atoms with Crippen molar-refractivity contribution in [3.8, 4) is 5.88 Å². The van der Waals surface area contributed by atoms with Gasteiger partial charge in [0.05, 0.1) is 19.4 Å². The van der Waals surface area contributed by atoms with Crippen LogP contribution in [0.5, 0.6) is 5.88 Å². The third kappa shape index (κ3) is 3.15. The van der Waals surface area contributed by atoms with E-state index in [-0.39, 0.29) is 12.1 Å². The van der Waals surface area contributed by atoms with Crippen LogP contribution in [0.1, 0.15) is 18.4 Å². The van der Waals surface area contributed by atoms with E-state index in [0.29, 0.717) is 12.5 Å². The normalized spacial score (nSPS) is 24.8. The summed E-state index contributed by atoms with van der Waals surface area (Å²) in [5.74, 6) is 1.20. The van der Waals surface area contributed by atoms with Crippen molar-refractivity contribution >= 4 is 0 Å². The minimum atomic E-state index is -0.316. The first kappa shape index (κ1) is 15.1. The second kappa shape index (κ2) is 6.50. The molecule has 1 saturated carbocycles. The molecule has 1 fully saturated rings. The number of aromatic nitrogens is 4. The van der Waals surface area contributed by atoms with E-state index in [4.69, 9.17) is 4.74 Å². The van der Waals surface area contributed by atoms with Crippen molar-refractivity contribution < 1.29 is 9.84 Å². The highest BCUT2D eigenvalue weighted by molar-refractivity contribution is 5.23. The number of nitrogens with one attached hydrogen (secondary N) is 1. The molecular weight excluding hydrogens is 282 g/mol. The molecule has 0 bridgehead atoms. The van der Waals surface area contributed by atoms with E-state index in [1.807, 2.05) is 24.0 Å². The lowest BCUT2D eigenvalue weighted by atomic mass is 10.1. The maximum absolute atomic E-state index is 10.3. The van der Waals surface area contributed by atoms with Gasteiger partial charge in [-0.1, -0.05) is 0 Å². The van der Waals surface area contributed by atoms with Gasteiger partial charge in [0.25, 0.3) is 0 Å². The lowest BCUT2D eigenvalue weighted by Crippen LogP contribution is -2.35. The summed E-state index contributed by atoms with van der Waals surface area (Å²) in [6.07, 6.45) is 6.99. The highest BCUT2D eigenvalue weighted by Gasteiger charge is 2.33. The predicted molar refractivity (Wildman–Crippen MR) is 81.3 cm³/mol. The van der Waals surface area contributed by atoms with E-state index in [9.17, 15) is 5.11 Å². The number of ether oxygens (including phenoxy) is 1. The fourth-order valence-corrected chi connectivity index (χ4v) is 3.26. The van der Waals surface area contributed by atoms with E-state index in [2.05, 4.69) is 15.5 Å². The fourth-order valence-electron chi connectivity index (χ4n) is 3.26. The Labute approximate surface area is 129 Å². The molecule has 0 amide bonds. The van der Waals surface area contributed by atoms with E-state index < -0.39 is 0 Å². The number of nitrogens with zero attached hydrogens (tertiary/aromatic N) is 4. The Kier molecular flexibility index (Phi) is 4.44. The molecule has 0 spiro atoms. The SMILES string of the molecule is COc1c(CN[C@@H]2CC(Cn3cccn3)C[C@H]2O)cnn1C. The van der Waals surface area contributed by atoms with Crippen LogP contribution in [0.4, 0.5) is 0 Å². The van der Waals surface area contributed by atoms with Crippen molar-refractivity contribution in [3.63, 3.8) is 0 Å². The maximum atomic E-state index is 10.3. The van der Waals surface area contributed by atoms with Crippen LogP contribution >= 0.6 is 0 Å². The summed E-state index contributed by atoms with van der Waals surface area (Å²) in [6.45, 7) is 1.51. The Morgan fingerprint density at radius 1 is 1.41 bits per heavy atom. The summed E-state index contributed by atoms with van der Waals surface area (Å²) in [4.78, 5) is 0. The van der Waals surface area contributed by atoms with Crippen LogP contribution in [0.2, 0.25) is 0 Å². The fraction of sp³-hybridized carbons (Fsp3) is 0.600. The first-order valence-corrected chi connectivity index (χ1v) is 7.61. The largest absolute Gasteiger partial charge is 0.481 e. The second-order valence-electron chi connectivity index (χ2n) is 5.92. The molecule has 7 nitrogen and oxygen atoms in total. The van der Waals surface area contributed by atoms with Crippen molar-refractivity contribution in [2.75, 3.05) is 7.11 Å². The van der Waals surface area contributed by atoms with Gasteiger partial charge in [-0.2, -0.15) is 10.2 Å². The van der Waals surface area contributed by atoms with Crippen molar-refractivity contribution in [2.24, 2.45) is 13.0 Å². The molecule has 2 N–H and O–H groups in total. The average Bonchev–Trinajstić information content (AvgIpc) is 3.19. The van der Waals surface area contributed by atoms with Crippen LogP contribution in [0, 0.1) is 5.92 Å². The van der Waals surface area contributed by atoms with Gasteiger partial charge >= 0.3 is 0 Å². The molecule has 22 heavy (non-hydrogen) atoms. The van der Waals surface area contributed by atoms with Gasteiger partial charge in [-0.25, -0.2) is 4.68 Å². The zero-order valence-corrected chi connectivity index (χ0v) is 13.0. The van der Waals surface area contributed by atoms with Crippen LogP contribution in [-0.4, -0.2) is 43.9 Å². The van der Waals surface area contributed by atoms with Gasteiger partial charge in [0.2, 0.25) is 5.88 Å². The quantitative estimate of drug-likeness (QED) is 0.815. The molecule has 1 aliphatic carbocycles. The molecule has 1 unspecified atom stereocenters. The standard InChI is InChI=1S/C15H23N5O2/c1-19-15(22-2)12(9-18-19)8-16-13-6-11(7-14(13)21)10-20-5-3-4-17-20/h3-5,9,11,13-14,16,21H,6-8,10H2,1-2H3/t11?,13-,14-/m1/s1. The Morgan fingerprint density at radius 2 is 2.27 bits per heavy atom. The Bertz CT molecular complexity index is 595. The average molecular weight is 305 g/mol. The summed E-state index contributed by atoms with van der Waals surface area (Å²) in [7, 11) is 3.50. The highest BCUT2D eigenvalue weighted by Crippen LogP contribution is 2.28. The van der Waals surface area contributed by atoms with Crippen molar-refractivity contribution in [2.45, 2.75) is 38.1 Å². The summed E-state index contributed by atoms with van der Waals surface area (Å²) in [5, 5.41) is 22.1. The van der Waals surface area contributed by atoms with Crippen molar-refractivity contribution in [3.05, 3.63) is 30.2 Å². The molecule has 0 aliphatic heterocycles. The van der Waals surface area contributed by atoms with Crippen molar-refractivity contribution in [1.29, 1.82) is 0 Å². The minimum absolute atomic E-state index is 0.102. The van der Waals surface area contributed by atoms with E-state index in [1.165, 1.54) is 0 Å². The first-order chi connectivity index (χ1) is 10.7. The monoisotopic (exact) mass is 305 g/mol. The van der Waals surface area contributed by atoms with E-state index in [0.717, 1.165) is 30.8 Å².